The second-order valence-corrected chi connectivity index (χ2v) is 6.68. The van der Waals surface area contributed by atoms with Crippen LogP contribution >= 0.6 is 11.8 Å². The first-order chi connectivity index (χ1) is 14.3. The van der Waals surface area contributed by atoms with Crippen molar-refractivity contribution in [2.45, 2.75) is 25.9 Å². The predicted molar refractivity (Wildman–Crippen MR) is 115 cm³/mol. The van der Waals surface area contributed by atoms with Crippen LogP contribution in [0, 0.1) is 16.7 Å². The highest BCUT2D eigenvalue weighted by atomic mass is 32.2. The molecule has 0 radical (unpaired) electrons. The first-order valence-corrected chi connectivity index (χ1v) is 10.1. The van der Waals surface area contributed by atoms with Crippen LogP contribution in [0.2, 0.25) is 0 Å². The van der Waals surface area contributed by atoms with Gasteiger partial charge in [-0.3, -0.25) is 9.63 Å². The van der Waals surface area contributed by atoms with E-state index in [0.717, 1.165) is 24.4 Å². The summed E-state index contributed by atoms with van der Waals surface area (Å²) in [7, 11) is 1.89. The molecule has 0 bridgehead atoms. The van der Waals surface area contributed by atoms with E-state index >= 15 is 0 Å². The van der Waals surface area contributed by atoms with Gasteiger partial charge in [0.05, 0.1) is 17.7 Å². The van der Waals surface area contributed by atoms with Crippen molar-refractivity contribution in [1.29, 1.82) is 10.7 Å². The van der Waals surface area contributed by atoms with Gasteiger partial charge in [-0.25, -0.2) is 4.79 Å². The highest BCUT2D eigenvalue weighted by Crippen LogP contribution is 2.18. The van der Waals surface area contributed by atoms with E-state index < -0.39 is 18.4 Å². The van der Waals surface area contributed by atoms with Crippen LogP contribution in [0.3, 0.4) is 0 Å². The molecular weight excluding hydrogens is 412 g/mol. The Hall–Kier alpha value is -2.81. The van der Waals surface area contributed by atoms with Crippen molar-refractivity contribution < 1.29 is 29.4 Å². The summed E-state index contributed by atoms with van der Waals surface area (Å²) < 4.78 is 5.16. The van der Waals surface area contributed by atoms with Gasteiger partial charge in [-0.1, -0.05) is 13.0 Å². The average Bonchev–Trinajstić information content (AvgIpc) is 2.71. The van der Waals surface area contributed by atoms with Crippen molar-refractivity contribution in [2.24, 2.45) is 0 Å². The Labute approximate surface area is 180 Å². The van der Waals surface area contributed by atoms with E-state index in [1.54, 1.807) is 17.2 Å². The Morgan fingerprint density at radius 3 is 2.67 bits per heavy atom. The molecule has 0 saturated heterocycles. The zero-order valence-corrected chi connectivity index (χ0v) is 17.9. The third-order valence-corrected chi connectivity index (χ3v) is 4.09. The molecule has 1 aromatic carbocycles. The number of carboxylic acids is 2. The van der Waals surface area contributed by atoms with Crippen molar-refractivity contribution in [1.82, 2.24) is 5.06 Å². The quantitative estimate of drug-likeness (QED) is 0.192. The number of nitrogens with one attached hydrogen (secondary N) is 2. The van der Waals surface area contributed by atoms with Gasteiger partial charge in [0.1, 0.15) is 12.2 Å². The number of benzene rings is 1. The monoisotopic (exact) mass is 440 g/mol. The summed E-state index contributed by atoms with van der Waals surface area (Å²) in [5, 5.41) is 36.1. The molecule has 0 aromatic heterocycles. The first kappa shape index (κ1) is 27.2. The topological polar surface area (TPSA) is 156 Å². The van der Waals surface area contributed by atoms with Crippen LogP contribution in [0.1, 0.15) is 19.8 Å². The van der Waals surface area contributed by atoms with Gasteiger partial charge < -0.3 is 25.7 Å². The second kappa shape index (κ2) is 17.1. The lowest BCUT2D eigenvalue weighted by Gasteiger charge is -2.23. The number of nitriles is 1. The maximum Gasteiger partial charge on any atom is 0.341 e. The molecule has 0 spiro atoms. The maximum absolute atomic E-state index is 10.5. The van der Waals surface area contributed by atoms with Gasteiger partial charge >= 0.3 is 11.9 Å². The van der Waals surface area contributed by atoms with Crippen LogP contribution in [0.4, 0.5) is 5.69 Å². The first-order valence-electron chi connectivity index (χ1n) is 9.08. The number of hydrogen-bond donors (Lipinski definition) is 4. The zero-order chi connectivity index (χ0) is 22.8. The van der Waals surface area contributed by atoms with E-state index in [9.17, 15) is 9.59 Å². The van der Waals surface area contributed by atoms with Crippen molar-refractivity contribution in [3.05, 3.63) is 24.3 Å². The Morgan fingerprint density at radius 2 is 2.13 bits per heavy atom. The van der Waals surface area contributed by atoms with Gasteiger partial charge in [0, 0.05) is 37.6 Å². The molecule has 1 rings (SSSR count). The van der Waals surface area contributed by atoms with Gasteiger partial charge in [-0.05, 0) is 18.6 Å². The maximum atomic E-state index is 10.5. The minimum absolute atomic E-state index is 0.0143. The highest BCUT2D eigenvalue weighted by molar-refractivity contribution is 8.12. The largest absolute Gasteiger partial charge is 0.482 e. The molecule has 0 saturated carbocycles. The SMILES string of the molecule is CCN(C)OC(CCNc1cccc(OCC(=O)O)c1)CSC=N.N#CCC(=O)O. The number of carboxylic acid groups (broad SMARTS) is 2. The van der Waals surface area contributed by atoms with E-state index in [0.29, 0.717) is 12.3 Å². The van der Waals surface area contributed by atoms with E-state index in [-0.39, 0.29) is 12.7 Å². The molecule has 30 heavy (non-hydrogen) atoms. The fourth-order valence-corrected chi connectivity index (χ4v) is 2.48. The smallest absolute Gasteiger partial charge is 0.341 e. The van der Waals surface area contributed by atoms with Gasteiger partial charge in [0.25, 0.3) is 0 Å². The van der Waals surface area contributed by atoms with Crippen molar-refractivity contribution in [2.75, 3.05) is 37.8 Å². The lowest BCUT2D eigenvalue weighted by Crippen LogP contribution is -2.29. The minimum Gasteiger partial charge on any atom is -0.482 e. The van der Waals surface area contributed by atoms with Crippen LogP contribution in [0.15, 0.2) is 24.3 Å². The van der Waals surface area contributed by atoms with Crippen LogP contribution in [0.25, 0.3) is 0 Å². The molecule has 10 nitrogen and oxygen atoms in total. The summed E-state index contributed by atoms with van der Waals surface area (Å²) in [6, 6.07) is 8.66. The molecule has 0 aliphatic carbocycles. The highest BCUT2D eigenvalue weighted by Gasteiger charge is 2.12. The Bertz CT molecular complexity index is 698. The van der Waals surface area contributed by atoms with Crippen LogP contribution < -0.4 is 10.1 Å². The van der Waals surface area contributed by atoms with Gasteiger partial charge in [0.15, 0.2) is 6.61 Å². The molecule has 0 heterocycles. The minimum atomic E-state index is -1.07. The molecule has 0 amide bonds. The van der Waals surface area contributed by atoms with Gasteiger partial charge in [-0.15, -0.1) is 11.8 Å². The van der Waals surface area contributed by atoms with Crippen LogP contribution in [0.5, 0.6) is 5.75 Å². The third kappa shape index (κ3) is 15.2. The normalized spacial score (nSPS) is 10.9. The average molecular weight is 441 g/mol. The van der Waals surface area contributed by atoms with Crippen molar-refractivity contribution >= 4 is 34.9 Å². The van der Waals surface area contributed by atoms with E-state index in [1.165, 1.54) is 23.4 Å². The second-order valence-electron chi connectivity index (χ2n) is 5.78. The third-order valence-electron chi connectivity index (χ3n) is 3.36. The number of nitrogens with zero attached hydrogens (tertiary/aromatic N) is 2. The lowest BCUT2D eigenvalue weighted by molar-refractivity contribution is -0.171. The van der Waals surface area contributed by atoms with Crippen LogP contribution in [-0.4, -0.2) is 71.4 Å². The number of hydroxylamine groups is 2. The number of ether oxygens (including phenoxy) is 1. The summed E-state index contributed by atoms with van der Waals surface area (Å²) in [4.78, 5) is 25.7. The number of thioether (sulfide) groups is 1. The number of hydrogen-bond acceptors (Lipinski definition) is 9. The zero-order valence-electron chi connectivity index (χ0n) is 17.0. The molecule has 166 valence electrons. The van der Waals surface area contributed by atoms with Crippen molar-refractivity contribution in [3.8, 4) is 11.8 Å². The summed E-state index contributed by atoms with van der Waals surface area (Å²) >= 11 is 1.41. The number of rotatable bonds is 14. The molecular formula is C19H28N4O6S. The number of carbonyl (C=O) groups is 2. The fraction of sp³-hybridized carbons (Fsp3) is 0.474. The molecule has 1 unspecified atom stereocenters. The lowest BCUT2D eigenvalue weighted by atomic mass is 10.2. The van der Waals surface area contributed by atoms with E-state index in [2.05, 4.69) is 5.32 Å². The Balaban J connectivity index is 0.00000122. The van der Waals surface area contributed by atoms with E-state index in [4.69, 9.17) is 30.5 Å². The summed E-state index contributed by atoms with van der Waals surface area (Å²) in [6.07, 6.45) is 0.395. The van der Waals surface area contributed by atoms with Crippen LogP contribution in [-0.2, 0) is 14.4 Å². The fourth-order valence-electron chi connectivity index (χ4n) is 1.94. The summed E-state index contributed by atoms with van der Waals surface area (Å²) in [6.45, 7) is 3.15. The van der Waals surface area contributed by atoms with Gasteiger partial charge in [0.2, 0.25) is 0 Å². The standard InChI is InChI=1S/C16H25N3O4S.C3H3NO2/c1-3-19(2)23-15(11-24-12-17)7-8-18-13-5-4-6-14(9-13)22-10-16(20)21;4-2-1-3(5)6/h4-6,9,12,15,17-18H,3,7-8,10-11H2,1-2H3,(H,20,21);1H2,(H,5,6). The molecule has 11 heteroatoms. The molecule has 0 fully saturated rings. The summed E-state index contributed by atoms with van der Waals surface area (Å²) in [5.41, 5.74) is 2.18. The Morgan fingerprint density at radius 1 is 1.40 bits per heavy atom. The van der Waals surface area contributed by atoms with Gasteiger partial charge in [-0.2, -0.15) is 10.3 Å². The predicted octanol–water partition coefficient (Wildman–Crippen LogP) is 2.53. The Kier molecular flexibility index (Phi) is 15.5. The number of aliphatic carboxylic acids is 2. The number of anilines is 1. The summed E-state index contributed by atoms with van der Waals surface area (Å²) in [5.74, 6) is -0.841. The molecule has 0 aliphatic heterocycles. The van der Waals surface area contributed by atoms with E-state index in [1.807, 2.05) is 26.1 Å². The molecule has 4 N–H and O–H groups in total. The molecule has 1 atom stereocenters. The molecule has 0 aliphatic rings. The van der Waals surface area contributed by atoms with Crippen molar-refractivity contribution in [3.63, 3.8) is 0 Å². The molecule has 1 aromatic rings.